The standard InChI is InChI=1S/C11H15ClO/c12-10-6-3-1-2-5-9(10)11-7-4-8-13-11/h4,7-10H,1-3,5-6H2. The molecule has 1 aliphatic rings. The van der Waals surface area contributed by atoms with Crippen molar-refractivity contribution in [3.8, 4) is 0 Å². The molecule has 2 atom stereocenters. The van der Waals surface area contributed by atoms with E-state index in [-0.39, 0.29) is 5.38 Å². The van der Waals surface area contributed by atoms with Crippen LogP contribution >= 0.6 is 11.6 Å². The Morgan fingerprint density at radius 1 is 1.23 bits per heavy atom. The summed E-state index contributed by atoms with van der Waals surface area (Å²) in [5.74, 6) is 1.51. The second-order valence-electron chi connectivity index (χ2n) is 3.78. The van der Waals surface area contributed by atoms with Gasteiger partial charge >= 0.3 is 0 Å². The van der Waals surface area contributed by atoms with Crippen molar-refractivity contribution in [1.82, 2.24) is 0 Å². The third-order valence-corrected chi connectivity index (χ3v) is 3.36. The van der Waals surface area contributed by atoms with E-state index in [1.54, 1.807) is 6.26 Å². The van der Waals surface area contributed by atoms with Crippen LogP contribution in [0.1, 0.15) is 43.8 Å². The molecule has 1 aromatic rings. The fourth-order valence-electron chi connectivity index (χ4n) is 2.09. The normalized spacial score (nSPS) is 29.9. The Balaban J connectivity index is 2.11. The van der Waals surface area contributed by atoms with Gasteiger partial charge in [-0.05, 0) is 25.0 Å². The van der Waals surface area contributed by atoms with Gasteiger partial charge in [-0.3, -0.25) is 0 Å². The van der Waals surface area contributed by atoms with Gasteiger partial charge in [-0.15, -0.1) is 11.6 Å². The van der Waals surface area contributed by atoms with Crippen LogP contribution in [0.5, 0.6) is 0 Å². The molecule has 0 spiro atoms. The third kappa shape index (κ3) is 2.08. The van der Waals surface area contributed by atoms with E-state index in [0.717, 1.165) is 12.2 Å². The zero-order valence-electron chi connectivity index (χ0n) is 7.71. The minimum atomic E-state index is 0.272. The number of hydrogen-bond donors (Lipinski definition) is 0. The topological polar surface area (TPSA) is 13.1 Å². The highest BCUT2D eigenvalue weighted by Crippen LogP contribution is 2.35. The first kappa shape index (κ1) is 9.14. The first-order valence-corrected chi connectivity index (χ1v) is 5.49. The van der Waals surface area contributed by atoms with Gasteiger partial charge in [0.1, 0.15) is 5.76 Å². The van der Waals surface area contributed by atoms with E-state index in [1.807, 2.05) is 12.1 Å². The quantitative estimate of drug-likeness (QED) is 0.492. The molecule has 2 rings (SSSR count). The van der Waals surface area contributed by atoms with Crippen molar-refractivity contribution in [3.05, 3.63) is 24.2 Å². The van der Waals surface area contributed by atoms with E-state index in [4.69, 9.17) is 16.0 Å². The van der Waals surface area contributed by atoms with E-state index in [2.05, 4.69) is 0 Å². The molecule has 1 fully saturated rings. The highest BCUT2D eigenvalue weighted by Gasteiger charge is 2.24. The molecule has 1 heterocycles. The van der Waals surface area contributed by atoms with Crippen LogP contribution in [-0.4, -0.2) is 5.38 Å². The number of rotatable bonds is 1. The average Bonchev–Trinajstić information content (AvgIpc) is 2.56. The zero-order chi connectivity index (χ0) is 9.10. The van der Waals surface area contributed by atoms with Gasteiger partial charge in [-0.2, -0.15) is 0 Å². The molecule has 0 bridgehead atoms. The largest absolute Gasteiger partial charge is 0.469 e. The lowest BCUT2D eigenvalue weighted by Gasteiger charge is -2.16. The van der Waals surface area contributed by atoms with Crippen molar-refractivity contribution < 1.29 is 4.42 Å². The van der Waals surface area contributed by atoms with Crippen LogP contribution in [-0.2, 0) is 0 Å². The van der Waals surface area contributed by atoms with Crippen LogP contribution in [0.3, 0.4) is 0 Å². The summed E-state index contributed by atoms with van der Waals surface area (Å²) in [5.41, 5.74) is 0. The highest BCUT2D eigenvalue weighted by molar-refractivity contribution is 6.21. The van der Waals surface area contributed by atoms with E-state index in [1.165, 1.54) is 25.7 Å². The number of halogens is 1. The molecule has 13 heavy (non-hydrogen) atoms. The monoisotopic (exact) mass is 198 g/mol. The molecule has 1 aliphatic carbocycles. The maximum Gasteiger partial charge on any atom is 0.108 e. The molecule has 0 amide bonds. The van der Waals surface area contributed by atoms with Crippen LogP contribution in [0.25, 0.3) is 0 Å². The molecule has 0 radical (unpaired) electrons. The SMILES string of the molecule is ClC1CCCCCC1c1ccco1. The maximum atomic E-state index is 6.32. The summed E-state index contributed by atoms with van der Waals surface area (Å²) in [5, 5.41) is 0.272. The van der Waals surface area contributed by atoms with Crippen molar-refractivity contribution in [2.45, 2.75) is 43.4 Å². The summed E-state index contributed by atoms with van der Waals surface area (Å²) in [6.45, 7) is 0. The van der Waals surface area contributed by atoms with Crippen molar-refractivity contribution in [3.63, 3.8) is 0 Å². The van der Waals surface area contributed by atoms with Crippen LogP contribution in [0, 0.1) is 0 Å². The Bertz CT molecular complexity index is 243. The van der Waals surface area contributed by atoms with Crippen LogP contribution in [0.4, 0.5) is 0 Å². The molecule has 1 saturated carbocycles. The van der Waals surface area contributed by atoms with Gasteiger partial charge in [-0.1, -0.05) is 19.3 Å². The summed E-state index contributed by atoms with van der Waals surface area (Å²) in [7, 11) is 0. The van der Waals surface area contributed by atoms with Gasteiger partial charge < -0.3 is 4.42 Å². The summed E-state index contributed by atoms with van der Waals surface area (Å²) < 4.78 is 5.41. The molecule has 0 aliphatic heterocycles. The lowest BCUT2D eigenvalue weighted by Crippen LogP contribution is -2.10. The Morgan fingerprint density at radius 3 is 2.85 bits per heavy atom. The smallest absolute Gasteiger partial charge is 0.108 e. The van der Waals surface area contributed by atoms with E-state index in [9.17, 15) is 0 Å². The van der Waals surface area contributed by atoms with E-state index >= 15 is 0 Å². The molecule has 1 aromatic heterocycles. The number of alkyl halides is 1. The molecule has 2 heteroatoms. The summed E-state index contributed by atoms with van der Waals surface area (Å²) in [6, 6.07) is 4.00. The molecule has 0 saturated heterocycles. The van der Waals surface area contributed by atoms with Gasteiger partial charge in [-0.25, -0.2) is 0 Å². The van der Waals surface area contributed by atoms with Gasteiger partial charge in [0.05, 0.1) is 6.26 Å². The molecule has 0 N–H and O–H groups in total. The second-order valence-corrected chi connectivity index (χ2v) is 4.34. The molecule has 2 unspecified atom stereocenters. The van der Waals surface area contributed by atoms with Gasteiger partial charge in [0.2, 0.25) is 0 Å². The van der Waals surface area contributed by atoms with Gasteiger partial charge in [0.15, 0.2) is 0 Å². The minimum absolute atomic E-state index is 0.272. The maximum absolute atomic E-state index is 6.32. The second kappa shape index (κ2) is 4.19. The predicted octanol–water partition coefficient (Wildman–Crippen LogP) is 3.93. The van der Waals surface area contributed by atoms with Gasteiger partial charge in [0, 0.05) is 11.3 Å². The molecular formula is C11H15ClO. The summed E-state index contributed by atoms with van der Waals surface area (Å²) in [6.07, 6.45) is 7.93. The third-order valence-electron chi connectivity index (χ3n) is 2.84. The average molecular weight is 199 g/mol. The Kier molecular flexibility index (Phi) is 2.94. The lowest BCUT2D eigenvalue weighted by molar-refractivity contribution is 0.438. The Labute approximate surface area is 84.1 Å². The van der Waals surface area contributed by atoms with Crippen molar-refractivity contribution in [1.29, 1.82) is 0 Å². The van der Waals surface area contributed by atoms with Gasteiger partial charge in [0.25, 0.3) is 0 Å². The van der Waals surface area contributed by atoms with Crippen molar-refractivity contribution in [2.75, 3.05) is 0 Å². The Morgan fingerprint density at radius 2 is 2.08 bits per heavy atom. The minimum Gasteiger partial charge on any atom is -0.469 e. The molecule has 1 nitrogen and oxygen atoms in total. The summed E-state index contributed by atoms with van der Waals surface area (Å²) in [4.78, 5) is 0. The van der Waals surface area contributed by atoms with E-state index in [0.29, 0.717) is 5.92 Å². The van der Waals surface area contributed by atoms with Crippen molar-refractivity contribution in [2.24, 2.45) is 0 Å². The van der Waals surface area contributed by atoms with Crippen LogP contribution in [0.15, 0.2) is 22.8 Å². The first-order valence-electron chi connectivity index (χ1n) is 5.05. The van der Waals surface area contributed by atoms with Crippen LogP contribution < -0.4 is 0 Å². The fourth-order valence-corrected chi connectivity index (χ4v) is 2.49. The first-order chi connectivity index (χ1) is 6.38. The Hall–Kier alpha value is -0.430. The fraction of sp³-hybridized carbons (Fsp3) is 0.636. The van der Waals surface area contributed by atoms with Crippen molar-refractivity contribution >= 4 is 11.6 Å². The summed E-state index contributed by atoms with van der Waals surface area (Å²) >= 11 is 6.32. The molecule has 72 valence electrons. The number of hydrogen-bond acceptors (Lipinski definition) is 1. The lowest BCUT2D eigenvalue weighted by atomic mass is 9.97. The highest BCUT2D eigenvalue weighted by atomic mass is 35.5. The zero-order valence-corrected chi connectivity index (χ0v) is 8.46. The molecule has 0 aromatic carbocycles. The van der Waals surface area contributed by atoms with Crippen LogP contribution in [0.2, 0.25) is 0 Å². The molecular weight excluding hydrogens is 184 g/mol. The number of furan rings is 1. The predicted molar refractivity (Wildman–Crippen MR) is 54.2 cm³/mol. The van der Waals surface area contributed by atoms with E-state index < -0.39 is 0 Å².